The summed E-state index contributed by atoms with van der Waals surface area (Å²) >= 11 is 7.50. The number of aromatic amines is 1. The van der Waals surface area contributed by atoms with Gasteiger partial charge in [0.1, 0.15) is 11.2 Å². The van der Waals surface area contributed by atoms with Crippen LogP contribution in [-0.4, -0.2) is 35.3 Å². The molecule has 2 N–H and O–H groups in total. The summed E-state index contributed by atoms with van der Waals surface area (Å²) in [4.78, 5) is 4.49. The number of nitrogens with one attached hydrogen (secondary N) is 1. The number of thioether (sulfide) groups is 1. The Morgan fingerprint density at radius 2 is 1.94 bits per heavy atom. The third kappa shape index (κ3) is 4.93. The highest BCUT2D eigenvalue weighted by Gasteiger charge is 2.23. The summed E-state index contributed by atoms with van der Waals surface area (Å²) in [6, 6.07) is 16.0. The fourth-order valence-electron chi connectivity index (χ4n) is 3.79. The Balaban J connectivity index is 1.66. The van der Waals surface area contributed by atoms with Gasteiger partial charge in [-0.3, -0.25) is 0 Å². The van der Waals surface area contributed by atoms with Crippen LogP contribution in [-0.2, 0) is 13.2 Å². The Labute approximate surface area is 200 Å². The molecule has 0 saturated carbocycles. The molecule has 2 aromatic heterocycles. The van der Waals surface area contributed by atoms with Gasteiger partial charge < -0.3 is 9.67 Å². The highest BCUT2D eigenvalue weighted by Crippen LogP contribution is 2.35. The molecule has 168 valence electrons. The van der Waals surface area contributed by atoms with Gasteiger partial charge in [0, 0.05) is 12.1 Å². The number of aliphatic hydroxyl groups excluding tert-OH is 1. The molecule has 0 aliphatic carbocycles. The molecule has 4 rings (SSSR count). The molecule has 2 heterocycles. The van der Waals surface area contributed by atoms with E-state index in [1.165, 1.54) is 11.8 Å². The lowest BCUT2D eigenvalue weighted by Crippen LogP contribution is -2.11. The zero-order chi connectivity index (χ0) is 23.2. The van der Waals surface area contributed by atoms with Crippen molar-refractivity contribution in [1.29, 1.82) is 5.26 Å². The topological polar surface area (TPSA) is 116 Å². The number of rotatable bonds is 9. The molecule has 0 fully saturated rings. The number of thiocyanates is 1. The highest BCUT2D eigenvalue weighted by atomic mass is 35.5. The Bertz CT molecular complexity index is 1250. The van der Waals surface area contributed by atoms with E-state index in [4.69, 9.17) is 11.6 Å². The number of hydrogen-bond acceptors (Lipinski definition) is 7. The maximum atomic E-state index is 9.91. The van der Waals surface area contributed by atoms with E-state index in [2.05, 4.69) is 37.9 Å². The molecule has 0 spiro atoms. The van der Waals surface area contributed by atoms with E-state index in [1.807, 2.05) is 53.1 Å². The van der Waals surface area contributed by atoms with Gasteiger partial charge in [0.25, 0.3) is 0 Å². The van der Waals surface area contributed by atoms with Gasteiger partial charge in [0.05, 0.1) is 17.6 Å². The van der Waals surface area contributed by atoms with Crippen molar-refractivity contribution < 1.29 is 5.11 Å². The zero-order valence-electron chi connectivity index (χ0n) is 17.9. The van der Waals surface area contributed by atoms with Crippen molar-refractivity contribution in [2.24, 2.45) is 0 Å². The van der Waals surface area contributed by atoms with E-state index in [9.17, 15) is 10.4 Å². The van der Waals surface area contributed by atoms with Crippen molar-refractivity contribution in [2.75, 3.05) is 0 Å². The molecule has 0 bridgehead atoms. The third-order valence-corrected chi connectivity index (χ3v) is 6.49. The maximum Gasteiger partial charge on any atom is 0.205 e. The average Bonchev–Trinajstić information content (AvgIpc) is 3.48. The molecule has 33 heavy (non-hydrogen) atoms. The van der Waals surface area contributed by atoms with Gasteiger partial charge in [0.15, 0.2) is 5.15 Å². The van der Waals surface area contributed by atoms with Crippen molar-refractivity contribution in [2.45, 2.75) is 38.2 Å². The standard InChI is InChI=1S/C23H22ClN7OS/c1-2-5-20(33-14-25)23-26-21(24)19(13-32)31(23)12-15-8-10-16(11-9-15)17-6-3-4-7-18(17)22-27-29-30-28-22/h3-4,6-11,20,32H,2,5,12-13H2,1H3,(H,27,28,29,30). The third-order valence-electron chi connectivity index (χ3n) is 5.36. The summed E-state index contributed by atoms with van der Waals surface area (Å²) < 4.78 is 1.93. The Morgan fingerprint density at radius 1 is 1.18 bits per heavy atom. The van der Waals surface area contributed by atoms with Crippen LogP contribution in [0, 0.1) is 10.7 Å². The van der Waals surface area contributed by atoms with Gasteiger partial charge in [-0.15, -0.1) is 10.2 Å². The van der Waals surface area contributed by atoms with E-state index >= 15 is 0 Å². The Kier molecular flexibility index (Phi) is 7.40. The minimum atomic E-state index is -0.224. The molecule has 0 aliphatic rings. The second kappa shape index (κ2) is 10.6. The zero-order valence-corrected chi connectivity index (χ0v) is 19.5. The number of nitrogens with zero attached hydrogens (tertiary/aromatic N) is 6. The lowest BCUT2D eigenvalue weighted by molar-refractivity contribution is 0.271. The Hall–Kier alpha value is -3.19. The number of aliphatic hydroxyl groups is 1. The van der Waals surface area contributed by atoms with Crippen LogP contribution < -0.4 is 0 Å². The number of tetrazole rings is 1. The van der Waals surface area contributed by atoms with Gasteiger partial charge in [-0.2, -0.15) is 10.5 Å². The lowest BCUT2D eigenvalue weighted by atomic mass is 9.98. The first-order chi connectivity index (χ1) is 16.2. The van der Waals surface area contributed by atoms with Gasteiger partial charge in [-0.1, -0.05) is 73.5 Å². The fourth-order valence-corrected chi connectivity index (χ4v) is 4.81. The first-order valence-corrected chi connectivity index (χ1v) is 11.7. The fraction of sp³-hybridized carbons (Fsp3) is 0.261. The molecule has 4 aromatic rings. The number of imidazole rings is 1. The minimum Gasteiger partial charge on any atom is -0.390 e. The number of nitriles is 1. The predicted molar refractivity (Wildman–Crippen MR) is 128 cm³/mol. The van der Waals surface area contributed by atoms with Gasteiger partial charge in [-0.05, 0) is 40.1 Å². The first-order valence-electron chi connectivity index (χ1n) is 10.5. The molecule has 1 atom stereocenters. The molecule has 0 aliphatic heterocycles. The summed E-state index contributed by atoms with van der Waals surface area (Å²) in [5.74, 6) is 1.25. The lowest BCUT2D eigenvalue weighted by Gasteiger charge is -2.16. The monoisotopic (exact) mass is 479 g/mol. The smallest absolute Gasteiger partial charge is 0.205 e. The summed E-state index contributed by atoms with van der Waals surface area (Å²) in [6.07, 6.45) is 1.70. The summed E-state index contributed by atoms with van der Waals surface area (Å²) in [5.41, 5.74) is 4.49. The summed E-state index contributed by atoms with van der Waals surface area (Å²) in [6.45, 7) is 2.33. The average molecular weight is 480 g/mol. The van der Waals surface area contributed by atoms with Crippen LogP contribution in [0.5, 0.6) is 0 Å². The summed E-state index contributed by atoms with van der Waals surface area (Å²) in [5, 5.41) is 35.9. The SMILES string of the molecule is CCCC(SC#N)c1nc(Cl)c(CO)n1Cc1ccc(-c2ccccc2-c2nn[nH]n2)cc1. The van der Waals surface area contributed by atoms with Crippen molar-refractivity contribution in [1.82, 2.24) is 30.2 Å². The predicted octanol–water partition coefficient (Wildman–Crippen LogP) is 4.98. The molecule has 2 aromatic carbocycles. The molecular weight excluding hydrogens is 458 g/mol. The van der Waals surface area contributed by atoms with Crippen molar-refractivity contribution in [3.63, 3.8) is 0 Å². The second-order valence-corrected chi connectivity index (χ2v) is 8.76. The van der Waals surface area contributed by atoms with E-state index in [0.29, 0.717) is 23.9 Å². The number of hydrogen-bond donors (Lipinski definition) is 2. The molecule has 0 amide bonds. The van der Waals surface area contributed by atoms with E-state index in [-0.39, 0.29) is 17.0 Å². The quantitative estimate of drug-likeness (QED) is 0.325. The van der Waals surface area contributed by atoms with Crippen molar-refractivity contribution in [3.05, 3.63) is 70.8 Å². The van der Waals surface area contributed by atoms with E-state index in [0.717, 1.165) is 35.1 Å². The van der Waals surface area contributed by atoms with E-state index in [1.54, 1.807) is 0 Å². The number of aromatic nitrogens is 6. The molecular formula is C23H22ClN7OS. The highest BCUT2D eigenvalue weighted by molar-refractivity contribution is 8.03. The molecule has 0 radical (unpaired) electrons. The largest absolute Gasteiger partial charge is 0.390 e. The molecule has 10 heteroatoms. The number of H-pyrrole nitrogens is 1. The maximum absolute atomic E-state index is 9.91. The first kappa shape index (κ1) is 23.0. The van der Waals surface area contributed by atoms with E-state index < -0.39 is 0 Å². The van der Waals surface area contributed by atoms with Crippen LogP contribution >= 0.6 is 23.4 Å². The van der Waals surface area contributed by atoms with Crippen LogP contribution in [0.3, 0.4) is 0 Å². The van der Waals surface area contributed by atoms with Crippen molar-refractivity contribution in [3.8, 4) is 27.9 Å². The number of halogens is 1. The van der Waals surface area contributed by atoms with Crippen molar-refractivity contribution >= 4 is 23.4 Å². The second-order valence-electron chi connectivity index (χ2n) is 7.42. The van der Waals surface area contributed by atoms with Crippen LogP contribution in [0.25, 0.3) is 22.5 Å². The minimum absolute atomic E-state index is 0.112. The van der Waals surface area contributed by atoms with Gasteiger partial charge >= 0.3 is 0 Å². The molecule has 1 unspecified atom stereocenters. The van der Waals surface area contributed by atoms with Gasteiger partial charge in [-0.25, -0.2) is 4.98 Å². The van der Waals surface area contributed by atoms with Crippen LogP contribution in [0.4, 0.5) is 0 Å². The normalized spacial score (nSPS) is 11.9. The van der Waals surface area contributed by atoms with Crippen LogP contribution in [0.2, 0.25) is 5.15 Å². The van der Waals surface area contributed by atoms with Crippen LogP contribution in [0.15, 0.2) is 48.5 Å². The summed E-state index contributed by atoms with van der Waals surface area (Å²) in [7, 11) is 0. The number of benzene rings is 2. The van der Waals surface area contributed by atoms with Gasteiger partial charge in [0.2, 0.25) is 5.82 Å². The Morgan fingerprint density at radius 3 is 2.58 bits per heavy atom. The molecule has 0 saturated heterocycles. The van der Waals surface area contributed by atoms with Crippen LogP contribution in [0.1, 0.15) is 42.1 Å². The molecule has 8 nitrogen and oxygen atoms in total.